The van der Waals surface area contributed by atoms with E-state index in [0.717, 1.165) is 53.9 Å². The molecule has 0 bridgehead atoms. The highest BCUT2D eigenvalue weighted by Gasteiger charge is 2.26. The summed E-state index contributed by atoms with van der Waals surface area (Å²) in [7, 11) is 0. The number of hydrogen-bond acceptors (Lipinski definition) is 5. The van der Waals surface area contributed by atoms with Crippen molar-refractivity contribution in [3.05, 3.63) is 22.1 Å². The molecule has 0 unspecified atom stereocenters. The number of amides is 1. The van der Waals surface area contributed by atoms with E-state index in [9.17, 15) is 4.79 Å². The Morgan fingerprint density at radius 2 is 2.15 bits per heavy atom. The third-order valence-electron chi connectivity index (χ3n) is 5.53. The summed E-state index contributed by atoms with van der Waals surface area (Å²) in [5, 5.41) is 5.65. The molecule has 1 aliphatic carbocycles. The van der Waals surface area contributed by atoms with Crippen LogP contribution in [0.15, 0.2) is 0 Å². The van der Waals surface area contributed by atoms with Gasteiger partial charge in [0.15, 0.2) is 5.65 Å². The van der Waals surface area contributed by atoms with E-state index in [1.165, 1.54) is 16.9 Å². The molecule has 1 amide bonds. The van der Waals surface area contributed by atoms with Crippen molar-refractivity contribution in [1.82, 2.24) is 24.5 Å². The summed E-state index contributed by atoms with van der Waals surface area (Å²) in [5.41, 5.74) is 2.16. The molecule has 7 heteroatoms. The lowest BCUT2D eigenvalue weighted by Crippen LogP contribution is -2.32. The highest BCUT2D eigenvalue weighted by atomic mass is 32.1. The van der Waals surface area contributed by atoms with E-state index in [-0.39, 0.29) is 11.7 Å². The first-order valence-electron chi connectivity index (χ1n) is 10.00. The van der Waals surface area contributed by atoms with Gasteiger partial charge in [-0.2, -0.15) is 4.52 Å². The quantitative estimate of drug-likeness (QED) is 0.665. The first-order chi connectivity index (χ1) is 13.0. The Hall–Kier alpha value is -2.02. The monoisotopic (exact) mass is 385 g/mol. The normalized spacial score (nSPS) is 16.8. The molecule has 144 valence electrons. The fourth-order valence-electron chi connectivity index (χ4n) is 3.93. The molecule has 0 spiro atoms. The van der Waals surface area contributed by atoms with Crippen molar-refractivity contribution in [2.75, 3.05) is 13.1 Å². The Balaban J connectivity index is 1.84. The van der Waals surface area contributed by atoms with Gasteiger partial charge in [-0.3, -0.25) is 4.79 Å². The van der Waals surface area contributed by atoms with Gasteiger partial charge in [0.05, 0.1) is 5.39 Å². The lowest BCUT2D eigenvalue weighted by molar-refractivity contribution is 0.0750. The van der Waals surface area contributed by atoms with Crippen LogP contribution in [0.5, 0.6) is 0 Å². The van der Waals surface area contributed by atoms with Crippen LogP contribution in [0.3, 0.4) is 0 Å². The molecular weight excluding hydrogens is 358 g/mol. The second-order valence-electron chi connectivity index (χ2n) is 7.60. The summed E-state index contributed by atoms with van der Waals surface area (Å²) in [5.74, 6) is 1.66. The molecule has 0 fully saturated rings. The summed E-state index contributed by atoms with van der Waals surface area (Å²) in [6.45, 7) is 9.80. The first kappa shape index (κ1) is 18.3. The van der Waals surface area contributed by atoms with Gasteiger partial charge in [-0.15, -0.1) is 16.4 Å². The number of unbranched alkanes of at least 4 members (excludes halogenated alkanes) is 1. The maximum absolute atomic E-state index is 12.9. The number of rotatable bonds is 5. The largest absolute Gasteiger partial charge is 0.336 e. The zero-order valence-corrected chi connectivity index (χ0v) is 17.4. The predicted molar refractivity (Wildman–Crippen MR) is 109 cm³/mol. The summed E-state index contributed by atoms with van der Waals surface area (Å²) in [6, 6.07) is 0. The van der Waals surface area contributed by atoms with Gasteiger partial charge in [-0.1, -0.05) is 20.3 Å². The van der Waals surface area contributed by atoms with Crippen molar-refractivity contribution in [1.29, 1.82) is 0 Å². The summed E-state index contributed by atoms with van der Waals surface area (Å²) in [6.07, 6.45) is 5.46. The van der Waals surface area contributed by atoms with E-state index < -0.39 is 0 Å². The van der Waals surface area contributed by atoms with Gasteiger partial charge in [-0.05, 0) is 51.0 Å². The third-order valence-corrected chi connectivity index (χ3v) is 6.72. The molecular formula is C20H27N5OS. The zero-order valence-electron chi connectivity index (χ0n) is 16.6. The van der Waals surface area contributed by atoms with E-state index in [4.69, 9.17) is 9.97 Å². The molecule has 0 saturated carbocycles. The third kappa shape index (κ3) is 3.12. The van der Waals surface area contributed by atoms with Gasteiger partial charge in [-0.25, -0.2) is 9.97 Å². The number of carbonyl (C=O) groups is 1. The van der Waals surface area contributed by atoms with E-state index in [2.05, 4.69) is 18.9 Å². The number of aromatic nitrogens is 4. The van der Waals surface area contributed by atoms with Crippen molar-refractivity contribution in [2.45, 2.75) is 59.8 Å². The molecule has 4 rings (SSSR count). The van der Waals surface area contributed by atoms with Gasteiger partial charge in [0.25, 0.3) is 5.91 Å². The molecule has 3 heterocycles. The van der Waals surface area contributed by atoms with Crippen LogP contribution in [-0.4, -0.2) is 43.5 Å². The lowest BCUT2D eigenvalue weighted by atomic mass is 9.89. The minimum atomic E-state index is -0.0836. The van der Waals surface area contributed by atoms with E-state index >= 15 is 0 Å². The van der Waals surface area contributed by atoms with Crippen molar-refractivity contribution in [3.63, 3.8) is 0 Å². The number of hydrogen-bond donors (Lipinski definition) is 0. The number of nitrogens with zero attached hydrogens (tertiary/aromatic N) is 5. The fraction of sp³-hybridized carbons (Fsp3) is 0.600. The molecule has 1 atom stereocenters. The number of carbonyl (C=O) groups excluding carboxylic acids is 1. The number of fused-ring (bicyclic) bond motifs is 5. The number of aryl methyl sites for hydroxylation is 2. The Morgan fingerprint density at radius 1 is 1.33 bits per heavy atom. The Morgan fingerprint density at radius 3 is 2.89 bits per heavy atom. The molecule has 6 nitrogen and oxygen atoms in total. The number of thiophene rings is 1. The van der Waals surface area contributed by atoms with Crippen LogP contribution in [0.1, 0.15) is 66.9 Å². The standard InChI is InChI=1S/C20H27N5OS/c1-5-7-10-24(6-2)20(26)17-22-18-16-14-11-12(3)8-9-15(14)27-19(16)21-13(4)25(18)23-17/h12H,5-11H2,1-4H3/t12-/m0/s1. The maximum atomic E-state index is 12.9. The van der Waals surface area contributed by atoms with Crippen LogP contribution in [0.25, 0.3) is 15.9 Å². The van der Waals surface area contributed by atoms with Crippen LogP contribution >= 0.6 is 11.3 Å². The Bertz CT molecular complexity index is 1010. The Kier molecular flexibility index (Phi) is 4.88. The molecule has 1 aliphatic rings. The molecule has 0 N–H and O–H groups in total. The van der Waals surface area contributed by atoms with Gasteiger partial charge in [0.2, 0.25) is 5.82 Å². The van der Waals surface area contributed by atoms with E-state index in [1.807, 2.05) is 18.7 Å². The summed E-state index contributed by atoms with van der Waals surface area (Å²) < 4.78 is 1.76. The lowest BCUT2D eigenvalue weighted by Gasteiger charge is -2.18. The SMILES string of the molecule is CCCCN(CC)C(=O)c1nc2c3c4c(sc3nc(C)n2n1)CC[C@H](C)C4. The second-order valence-corrected chi connectivity index (χ2v) is 8.68. The summed E-state index contributed by atoms with van der Waals surface area (Å²) in [4.78, 5) is 26.7. The van der Waals surface area contributed by atoms with Crippen molar-refractivity contribution in [2.24, 2.45) is 5.92 Å². The molecule has 0 saturated heterocycles. The molecule has 0 aromatic carbocycles. The second kappa shape index (κ2) is 7.19. The molecule has 27 heavy (non-hydrogen) atoms. The van der Waals surface area contributed by atoms with Crippen molar-refractivity contribution < 1.29 is 4.79 Å². The van der Waals surface area contributed by atoms with Crippen LogP contribution in [0, 0.1) is 12.8 Å². The van der Waals surface area contributed by atoms with E-state index in [1.54, 1.807) is 15.9 Å². The molecule has 0 aliphatic heterocycles. The molecule has 3 aromatic heterocycles. The van der Waals surface area contributed by atoms with Crippen molar-refractivity contribution in [3.8, 4) is 0 Å². The predicted octanol–water partition coefficient (Wildman–Crippen LogP) is 4.03. The van der Waals surface area contributed by atoms with Crippen LogP contribution in [0.4, 0.5) is 0 Å². The average Bonchev–Trinajstić information content (AvgIpc) is 3.23. The first-order valence-corrected chi connectivity index (χ1v) is 10.8. The summed E-state index contributed by atoms with van der Waals surface area (Å²) >= 11 is 1.78. The van der Waals surface area contributed by atoms with Crippen molar-refractivity contribution >= 4 is 33.1 Å². The van der Waals surface area contributed by atoms with E-state index in [0.29, 0.717) is 12.5 Å². The van der Waals surface area contributed by atoms with Gasteiger partial charge in [0, 0.05) is 18.0 Å². The minimum Gasteiger partial charge on any atom is -0.336 e. The molecule has 3 aromatic rings. The van der Waals surface area contributed by atoms with Gasteiger partial charge < -0.3 is 4.90 Å². The fourth-order valence-corrected chi connectivity index (χ4v) is 5.19. The maximum Gasteiger partial charge on any atom is 0.293 e. The van der Waals surface area contributed by atoms with Gasteiger partial charge in [0.1, 0.15) is 10.7 Å². The van der Waals surface area contributed by atoms with Crippen LogP contribution in [-0.2, 0) is 12.8 Å². The highest BCUT2D eigenvalue weighted by Crippen LogP contribution is 2.39. The van der Waals surface area contributed by atoms with Gasteiger partial charge >= 0.3 is 0 Å². The average molecular weight is 386 g/mol. The minimum absolute atomic E-state index is 0.0836. The molecule has 0 radical (unpaired) electrons. The van der Waals surface area contributed by atoms with Crippen LogP contribution in [0.2, 0.25) is 0 Å². The zero-order chi connectivity index (χ0) is 19.1. The smallest absolute Gasteiger partial charge is 0.293 e. The highest BCUT2D eigenvalue weighted by molar-refractivity contribution is 7.19. The van der Waals surface area contributed by atoms with Crippen LogP contribution < -0.4 is 0 Å². The Labute approximate surface area is 163 Å². The topological polar surface area (TPSA) is 63.4 Å².